The quantitative estimate of drug-likeness (QED) is 0.388. The van der Waals surface area contributed by atoms with Crippen LogP contribution in [-0.4, -0.2) is 45.7 Å². The van der Waals surface area contributed by atoms with Gasteiger partial charge in [-0.3, -0.25) is 10.1 Å². The van der Waals surface area contributed by atoms with Gasteiger partial charge in [-0.25, -0.2) is 4.79 Å². The molecule has 3 amide bonds. The smallest absolute Gasteiger partial charge is 0.325 e. The molecule has 170 valence electrons. The maximum atomic E-state index is 12.3. The van der Waals surface area contributed by atoms with Crippen LogP contribution in [0.5, 0.6) is 11.5 Å². The summed E-state index contributed by atoms with van der Waals surface area (Å²) in [5.41, 5.74) is 1.61. The number of carbonyl (C=O) groups excluding carboxylic acids is 2. The van der Waals surface area contributed by atoms with E-state index in [2.05, 4.69) is 27.4 Å². The fourth-order valence-corrected chi connectivity index (χ4v) is 3.99. The van der Waals surface area contributed by atoms with Crippen LogP contribution in [0.15, 0.2) is 66.3 Å². The summed E-state index contributed by atoms with van der Waals surface area (Å²) in [6, 6.07) is 14.4. The Morgan fingerprint density at radius 2 is 1.88 bits per heavy atom. The van der Waals surface area contributed by atoms with Crippen molar-refractivity contribution < 1.29 is 19.1 Å². The Labute approximate surface area is 195 Å². The number of rotatable bonds is 8. The van der Waals surface area contributed by atoms with Crippen molar-refractivity contribution in [2.75, 3.05) is 24.3 Å². The monoisotopic (exact) mass is 465 g/mol. The molecule has 33 heavy (non-hydrogen) atoms. The topological polar surface area (TPSA) is 107 Å². The van der Waals surface area contributed by atoms with Crippen molar-refractivity contribution in [2.24, 2.45) is 0 Å². The minimum absolute atomic E-state index is 0.00910. The maximum Gasteiger partial charge on any atom is 0.325 e. The van der Waals surface area contributed by atoms with Gasteiger partial charge in [-0.15, -0.1) is 16.8 Å². The van der Waals surface area contributed by atoms with Gasteiger partial charge in [0, 0.05) is 24.7 Å². The van der Waals surface area contributed by atoms with Crippen LogP contribution in [0.3, 0.4) is 0 Å². The second-order valence-electron chi connectivity index (χ2n) is 7.11. The summed E-state index contributed by atoms with van der Waals surface area (Å²) in [5.74, 6) is 1.51. The van der Waals surface area contributed by atoms with Crippen LogP contribution in [0.1, 0.15) is 11.4 Å². The molecule has 0 bridgehead atoms. The van der Waals surface area contributed by atoms with Crippen LogP contribution >= 0.6 is 11.8 Å². The second kappa shape index (κ2) is 10.7. The number of ether oxygens (including phenoxy) is 2. The Balaban J connectivity index is 1.32. The molecule has 0 fully saturated rings. The first-order valence-corrected chi connectivity index (χ1v) is 11.3. The van der Waals surface area contributed by atoms with Gasteiger partial charge in [-0.1, -0.05) is 48.2 Å². The summed E-state index contributed by atoms with van der Waals surface area (Å²) >= 11 is 1.21. The number of allylic oxidation sites excluding steroid dienone is 1. The fourth-order valence-electron chi connectivity index (χ4n) is 3.22. The van der Waals surface area contributed by atoms with Crippen molar-refractivity contribution in [2.45, 2.75) is 18.1 Å². The maximum absolute atomic E-state index is 12.3. The third-order valence-corrected chi connectivity index (χ3v) is 5.66. The molecule has 0 saturated carbocycles. The fraction of sp³-hybridized carbons (Fsp3) is 0.217. The molecule has 0 saturated heterocycles. The highest BCUT2D eigenvalue weighted by Crippen LogP contribution is 2.32. The molecule has 0 radical (unpaired) electrons. The molecule has 1 aliphatic heterocycles. The molecular formula is C23H23N5O4S. The van der Waals surface area contributed by atoms with E-state index in [0.717, 1.165) is 11.4 Å². The Bertz CT molecular complexity index is 1150. The number of urea groups is 1. The van der Waals surface area contributed by atoms with Crippen molar-refractivity contribution in [3.05, 3.63) is 72.6 Å². The van der Waals surface area contributed by atoms with Crippen LogP contribution in [0.4, 0.5) is 10.5 Å². The van der Waals surface area contributed by atoms with Gasteiger partial charge < -0.3 is 19.4 Å². The molecule has 10 heteroatoms. The molecule has 3 aromatic rings. The molecule has 0 unspecified atom stereocenters. The molecule has 0 atom stereocenters. The van der Waals surface area contributed by atoms with E-state index in [1.807, 2.05) is 34.9 Å². The summed E-state index contributed by atoms with van der Waals surface area (Å²) in [4.78, 5) is 24.5. The first-order chi connectivity index (χ1) is 16.1. The normalized spacial score (nSPS) is 12.1. The van der Waals surface area contributed by atoms with Gasteiger partial charge in [-0.05, 0) is 17.7 Å². The molecule has 2 N–H and O–H groups in total. The highest BCUT2D eigenvalue weighted by molar-refractivity contribution is 7.99. The molecule has 1 aromatic heterocycles. The van der Waals surface area contributed by atoms with Crippen molar-refractivity contribution in [3.63, 3.8) is 0 Å². The number of imide groups is 1. The van der Waals surface area contributed by atoms with E-state index >= 15 is 0 Å². The number of carbonyl (C=O) groups is 2. The number of aromatic nitrogens is 3. The number of hydrogen-bond acceptors (Lipinski definition) is 7. The minimum Gasteiger partial charge on any atom is -0.486 e. The van der Waals surface area contributed by atoms with E-state index in [4.69, 9.17) is 9.47 Å². The zero-order chi connectivity index (χ0) is 23.0. The van der Waals surface area contributed by atoms with Crippen LogP contribution in [-0.2, 0) is 17.8 Å². The molecule has 9 nitrogen and oxygen atoms in total. The molecule has 0 spiro atoms. The highest BCUT2D eigenvalue weighted by atomic mass is 32.2. The van der Waals surface area contributed by atoms with E-state index in [1.165, 1.54) is 11.8 Å². The number of amides is 3. The van der Waals surface area contributed by atoms with E-state index in [9.17, 15) is 9.59 Å². The van der Waals surface area contributed by atoms with E-state index in [0.29, 0.717) is 48.5 Å². The predicted octanol–water partition coefficient (Wildman–Crippen LogP) is 3.27. The number of hydrogen-bond donors (Lipinski definition) is 2. The van der Waals surface area contributed by atoms with Crippen molar-refractivity contribution in [3.8, 4) is 11.5 Å². The van der Waals surface area contributed by atoms with Crippen molar-refractivity contribution in [1.29, 1.82) is 0 Å². The number of nitrogens with one attached hydrogen (secondary N) is 2. The van der Waals surface area contributed by atoms with Crippen molar-refractivity contribution in [1.82, 2.24) is 20.1 Å². The van der Waals surface area contributed by atoms with E-state index in [1.54, 1.807) is 24.3 Å². The molecule has 0 aliphatic carbocycles. The molecular weight excluding hydrogens is 442 g/mol. The van der Waals surface area contributed by atoms with E-state index in [-0.39, 0.29) is 5.75 Å². The Hall–Kier alpha value is -3.79. The second-order valence-corrected chi connectivity index (χ2v) is 8.05. The van der Waals surface area contributed by atoms with Gasteiger partial charge in [0.15, 0.2) is 16.7 Å². The zero-order valence-corrected chi connectivity index (χ0v) is 18.6. The first-order valence-electron chi connectivity index (χ1n) is 10.3. The van der Waals surface area contributed by atoms with Gasteiger partial charge in [0.05, 0.1) is 5.75 Å². The average molecular weight is 466 g/mol. The Morgan fingerprint density at radius 1 is 1.09 bits per heavy atom. The summed E-state index contributed by atoms with van der Waals surface area (Å²) < 4.78 is 12.9. The number of thioether (sulfide) groups is 1. The largest absolute Gasteiger partial charge is 0.486 e. The van der Waals surface area contributed by atoms with Crippen LogP contribution < -0.4 is 20.1 Å². The molecule has 2 heterocycles. The van der Waals surface area contributed by atoms with Gasteiger partial charge in [0.25, 0.3) is 0 Å². The van der Waals surface area contributed by atoms with Crippen LogP contribution in [0.25, 0.3) is 0 Å². The molecule has 4 rings (SSSR count). The third-order valence-electron chi connectivity index (χ3n) is 4.70. The summed E-state index contributed by atoms with van der Waals surface area (Å²) in [7, 11) is 0. The lowest BCUT2D eigenvalue weighted by Crippen LogP contribution is -2.35. The molecule has 1 aliphatic rings. The van der Waals surface area contributed by atoms with Gasteiger partial charge in [-0.2, -0.15) is 0 Å². The Morgan fingerprint density at radius 3 is 2.67 bits per heavy atom. The number of fused-ring (bicyclic) bond motifs is 1. The first kappa shape index (κ1) is 22.4. The summed E-state index contributed by atoms with van der Waals surface area (Å²) in [6.45, 7) is 5.24. The van der Waals surface area contributed by atoms with E-state index < -0.39 is 11.9 Å². The van der Waals surface area contributed by atoms with Gasteiger partial charge in [0.2, 0.25) is 5.91 Å². The minimum atomic E-state index is -0.630. The zero-order valence-electron chi connectivity index (χ0n) is 17.8. The van der Waals surface area contributed by atoms with Gasteiger partial charge >= 0.3 is 6.03 Å². The average Bonchev–Trinajstić information content (AvgIpc) is 3.19. The standard InChI is InChI=1S/C23H23N5O4S/c1-2-10-28-20(13-16-6-4-3-5-7-16)26-27-23(28)33-15-21(29)25-22(30)24-17-8-9-18-19(14-17)32-12-11-31-18/h2-9,14H,1,10-13,15H2,(H2,24,25,29,30). The van der Waals surface area contributed by atoms with Crippen LogP contribution in [0.2, 0.25) is 0 Å². The number of nitrogens with zero attached hydrogens (tertiary/aromatic N) is 3. The lowest BCUT2D eigenvalue weighted by atomic mass is 10.1. The van der Waals surface area contributed by atoms with Gasteiger partial charge in [0.1, 0.15) is 19.0 Å². The SMILES string of the molecule is C=CCn1c(Cc2ccccc2)nnc1SCC(=O)NC(=O)Nc1ccc2c(c1)OCCO2. The predicted molar refractivity (Wildman–Crippen MR) is 125 cm³/mol. The summed E-state index contributed by atoms with van der Waals surface area (Å²) in [5, 5.41) is 14.0. The number of anilines is 1. The highest BCUT2D eigenvalue weighted by Gasteiger charge is 2.16. The third kappa shape index (κ3) is 5.92. The molecule has 2 aromatic carbocycles. The summed E-state index contributed by atoms with van der Waals surface area (Å²) in [6.07, 6.45) is 2.37. The van der Waals surface area contributed by atoms with Crippen LogP contribution in [0, 0.1) is 0 Å². The number of benzene rings is 2. The lowest BCUT2D eigenvalue weighted by molar-refractivity contribution is -0.117. The Kier molecular flexibility index (Phi) is 7.26. The van der Waals surface area contributed by atoms with Crippen molar-refractivity contribution >= 4 is 29.4 Å². The lowest BCUT2D eigenvalue weighted by Gasteiger charge is -2.19.